The summed E-state index contributed by atoms with van der Waals surface area (Å²) in [4.78, 5) is 12.4. The monoisotopic (exact) mass is 409 g/mol. The van der Waals surface area contributed by atoms with Crippen LogP contribution in [0.4, 0.5) is 5.69 Å². The largest absolute Gasteiger partial charge is 0.497 e. The molecule has 27 heavy (non-hydrogen) atoms. The Hall–Kier alpha value is -2.39. The summed E-state index contributed by atoms with van der Waals surface area (Å²) in [6.45, 7) is 0. The molecule has 0 saturated carbocycles. The van der Waals surface area contributed by atoms with Gasteiger partial charge in [0.2, 0.25) is 0 Å². The first-order chi connectivity index (χ1) is 12.7. The van der Waals surface area contributed by atoms with Crippen LogP contribution >= 0.6 is 0 Å². The van der Waals surface area contributed by atoms with Crippen LogP contribution in [0.1, 0.15) is 16.8 Å². The summed E-state index contributed by atoms with van der Waals surface area (Å²) < 4.78 is 53.4. The number of rotatable bonds is 5. The van der Waals surface area contributed by atoms with Crippen LogP contribution in [-0.4, -0.2) is 46.6 Å². The lowest BCUT2D eigenvalue weighted by Crippen LogP contribution is -2.22. The summed E-state index contributed by atoms with van der Waals surface area (Å²) in [5.74, 6) is -0.262. The number of methoxy groups -OCH3 is 1. The predicted molar refractivity (Wildman–Crippen MR) is 102 cm³/mol. The minimum Gasteiger partial charge on any atom is -0.497 e. The summed E-state index contributed by atoms with van der Waals surface area (Å²) in [7, 11) is -5.53. The maximum Gasteiger partial charge on any atom is 0.255 e. The van der Waals surface area contributed by atoms with Crippen molar-refractivity contribution in [3.8, 4) is 5.75 Å². The van der Waals surface area contributed by atoms with Gasteiger partial charge in [0, 0.05) is 17.3 Å². The standard InChI is InChI=1S/C18H19NO6S2/c1-25-15-4-2-3-14(11-15)19-18(20)13-5-7-16(8-6-13)27(23,24)17-9-10-26(21,22)12-17/h2-8,11,17H,9-10,12H2,1H3,(H,19,20)/t17-/m1/s1. The van der Waals surface area contributed by atoms with E-state index in [2.05, 4.69) is 5.32 Å². The second-order valence-electron chi connectivity index (χ2n) is 6.28. The Kier molecular flexibility index (Phi) is 5.25. The third-order valence-corrected chi connectivity index (χ3v) is 8.59. The van der Waals surface area contributed by atoms with Crippen molar-refractivity contribution >= 4 is 31.3 Å². The summed E-state index contributed by atoms with van der Waals surface area (Å²) in [5.41, 5.74) is 0.836. The highest BCUT2D eigenvalue weighted by atomic mass is 32.2. The van der Waals surface area contributed by atoms with E-state index in [4.69, 9.17) is 4.74 Å². The second-order valence-corrected chi connectivity index (χ2v) is 10.7. The topological polar surface area (TPSA) is 107 Å². The normalized spacial score (nSPS) is 18.8. The molecule has 0 unspecified atom stereocenters. The molecule has 1 saturated heterocycles. The summed E-state index contributed by atoms with van der Waals surface area (Å²) >= 11 is 0. The molecule has 0 aliphatic carbocycles. The van der Waals surface area contributed by atoms with Gasteiger partial charge in [0.05, 0.1) is 28.8 Å². The Morgan fingerprint density at radius 2 is 1.85 bits per heavy atom. The number of nitrogens with one attached hydrogen (secondary N) is 1. The summed E-state index contributed by atoms with van der Waals surface area (Å²) in [6, 6.07) is 12.3. The lowest BCUT2D eigenvalue weighted by atomic mass is 10.2. The molecule has 1 aliphatic heterocycles. The molecule has 1 aliphatic rings. The maximum atomic E-state index is 12.6. The average molecular weight is 409 g/mol. The van der Waals surface area contributed by atoms with E-state index in [1.807, 2.05) is 0 Å². The summed E-state index contributed by atoms with van der Waals surface area (Å²) in [5, 5.41) is 1.78. The molecule has 0 bridgehead atoms. The maximum absolute atomic E-state index is 12.6. The van der Waals surface area contributed by atoms with Crippen molar-refractivity contribution in [1.29, 1.82) is 0 Å². The van der Waals surface area contributed by atoms with Crippen molar-refractivity contribution in [1.82, 2.24) is 0 Å². The molecule has 0 radical (unpaired) electrons. The van der Waals surface area contributed by atoms with Crippen molar-refractivity contribution in [3.05, 3.63) is 54.1 Å². The molecule has 2 aromatic rings. The zero-order valence-electron chi connectivity index (χ0n) is 14.6. The lowest BCUT2D eigenvalue weighted by Gasteiger charge is -2.11. The molecular formula is C18H19NO6S2. The highest BCUT2D eigenvalue weighted by Gasteiger charge is 2.37. The number of hydrogen-bond acceptors (Lipinski definition) is 6. The number of hydrogen-bond donors (Lipinski definition) is 1. The van der Waals surface area contributed by atoms with Crippen LogP contribution in [0.25, 0.3) is 0 Å². The number of sulfone groups is 2. The van der Waals surface area contributed by atoms with E-state index in [-0.39, 0.29) is 28.4 Å². The van der Waals surface area contributed by atoms with Crippen molar-refractivity contribution in [3.63, 3.8) is 0 Å². The van der Waals surface area contributed by atoms with Crippen molar-refractivity contribution in [2.75, 3.05) is 23.9 Å². The van der Waals surface area contributed by atoms with Gasteiger partial charge in [0.15, 0.2) is 19.7 Å². The molecule has 3 rings (SSSR count). The van der Waals surface area contributed by atoms with Gasteiger partial charge in [-0.25, -0.2) is 16.8 Å². The highest BCUT2D eigenvalue weighted by molar-refractivity contribution is 7.96. The van der Waals surface area contributed by atoms with Gasteiger partial charge in [0.25, 0.3) is 5.91 Å². The van der Waals surface area contributed by atoms with Crippen molar-refractivity contribution < 1.29 is 26.4 Å². The minimum absolute atomic E-state index is 0.0162. The number of ether oxygens (including phenoxy) is 1. The lowest BCUT2D eigenvalue weighted by molar-refractivity contribution is 0.102. The first-order valence-electron chi connectivity index (χ1n) is 8.21. The van der Waals surface area contributed by atoms with E-state index in [9.17, 15) is 21.6 Å². The van der Waals surface area contributed by atoms with Crippen LogP contribution in [0.15, 0.2) is 53.4 Å². The van der Waals surface area contributed by atoms with Crippen LogP contribution in [0.3, 0.4) is 0 Å². The fraction of sp³-hybridized carbons (Fsp3) is 0.278. The molecule has 7 nitrogen and oxygen atoms in total. The second kappa shape index (κ2) is 7.32. The number of carbonyl (C=O) groups excluding carboxylic acids is 1. The molecular weight excluding hydrogens is 390 g/mol. The summed E-state index contributed by atoms with van der Waals surface area (Å²) in [6.07, 6.45) is 0.0999. The Bertz CT molecular complexity index is 1060. The Labute approximate surface area is 158 Å². The quantitative estimate of drug-likeness (QED) is 0.808. The van der Waals surface area contributed by atoms with Crippen LogP contribution < -0.4 is 10.1 Å². The van der Waals surface area contributed by atoms with E-state index in [0.29, 0.717) is 11.4 Å². The van der Waals surface area contributed by atoms with Gasteiger partial charge in [-0.1, -0.05) is 6.07 Å². The predicted octanol–water partition coefficient (Wildman–Crippen LogP) is 1.91. The van der Waals surface area contributed by atoms with E-state index >= 15 is 0 Å². The fourth-order valence-electron chi connectivity index (χ4n) is 2.90. The van der Waals surface area contributed by atoms with E-state index in [1.165, 1.54) is 31.4 Å². The fourth-order valence-corrected chi connectivity index (χ4v) is 7.26. The van der Waals surface area contributed by atoms with Gasteiger partial charge in [-0.15, -0.1) is 0 Å². The first-order valence-corrected chi connectivity index (χ1v) is 11.6. The molecule has 0 spiro atoms. The Balaban J connectivity index is 1.75. The number of anilines is 1. The van der Waals surface area contributed by atoms with Gasteiger partial charge in [0.1, 0.15) is 5.75 Å². The minimum atomic E-state index is -3.75. The van der Waals surface area contributed by atoms with Gasteiger partial charge in [-0.3, -0.25) is 4.79 Å². The van der Waals surface area contributed by atoms with Crippen LogP contribution in [0.2, 0.25) is 0 Å². The molecule has 9 heteroatoms. The highest BCUT2D eigenvalue weighted by Crippen LogP contribution is 2.26. The molecule has 2 aromatic carbocycles. The van der Waals surface area contributed by atoms with Crippen LogP contribution in [-0.2, 0) is 19.7 Å². The molecule has 0 aromatic heterocycles. The molecule has 1 atom stereocenters. The number of benzene rings is 2. The molecule has 1 amide bonds. The molecule has 1 N–H and O–H groups in total. The van der Waals surface area contributed by atoms with E-state index in [1.54, 1.807) is 24.3 Å². The smallest absolute Gasteiger partial charge is 0.255 e. The third-order valence-electron chi connectivity index (χ3n) is 4.40. The Morgan fingerprint density at radius 1 is 1.15 bits per heavy atom. The van der Waals surface area contributed by atoms with Gasteiger partial charge < -0.3 is 10.1 Å². The van der Waals surface area contributed by atoms with Crippen LogP contribution in [0, 0.1) is 0 Å². The SMILES string of the molecule is COc1cccc(NC(=O)c2ccc(S(=O)(=O)[C@@H]3CCS(=O)(=O)C3)cc2)c1. The average Bonchev–Trinajstić information content (AvgIpc) is 3.02. The zero-order chi connectivity index (χ0) is 19.7. The molecule has 1 heterocycles. The Morgan fingerprint density at radius 3 is 2.44 bits per heavy atom. The first kappa shape index (κ1) is 19.4. The number of amides is 1. The van der Waals surface area contributed by atoms with Gasteiger partial charge in [-0.05, 0) is 42.8 Å². The molecule has 144 valence electrons. The van der Waals surface area contributed by atoms with Gasteiger partial charge >= 0.3 is 0 Å². The van der Waals surface area contributed by atoms with Gasteiger partial charge in [-0.2, -0.15) is 0 Å². The molecule has 1 fully saturated rings. The third kappa shape index (κ3) is 4.30. The number of carbonyl (C=O) groups is 1. The van der Waals surface area contributed by atoms with E-state index in [0.717, 1.165) is 0 Å². The zero-order valence-corrected chi connectivity index (χ0v) is 16.2. The van der Waals surface area contributed by atoms with E-state index < -0.39 is 30.8 Å². The van der Waals surface area contributed by atoms with Crippen molar-refractivity contribution in [2.24, 2.45) is 0 Å². The van der Waals surface area contributed by atoms with Crippen LogP contribution in [0.5, 0.6) is 5.75 Å². The van der Waals surface area contributed by atoms with Crippen molar-refractivity contribution in [2.45, 2.75) is 16.6 Å².